The van der Waals surface area contributed by atoms with Crippen molar-refractivity contribution in [2.24, 2.45) is 11.8 Å². The molecule has 0 saturated heterocycles. The standard InChI is InChI=1S/C54H84Br2N2O4/c1-5-9-13-17-21-23-27-31-35-41(33-29-25-19-15-11-7-3)39-57-51(59)43-37-46(56)50-48-44(38-45(55)49(47(43)48)53(57)61)52(60)58(54(50)62)40-42(34-30-26-20-16-12-8-4)36-32-28-24-22-18-14-10-6-2/h37-38,41-42H,5-36,39-40H2,1-4H3/t41-,42+. The minimum atomic E-state index is -0.329. The van der Waals surface area contributed by atoms with E-state index >= 15 is 0 Å². The van der Waals surface area contributed by atoms with Crippen molar-refractivity contribution in [3.63, 3.8) is 0 Å². The molecule has 0 saturated carbocycles. The second kappa shape index (κ2) is 29.5. The lowest BCUT2D eigenvalue weighted by molar-refractivity contribution is 0.0555. The average molecular weight is 985 g/mol. The predicted octanol–water partition coefficient (Wildman–Crippen LogP) is 17.4. The van der Waals surface area contributed by atoms with Gasteiger partial charge in [0.2, 0.25) is 0 Å². The molecule has 8 heteroatoms. The number of benzene rings is 2. The molecule has 0 radical (unpaired) electrons. The average Bonchev–Trinajstić information content (AvgIpc) is 3.26. The van der Waals surface area contributed by atoms with Crippen LogP contribution in [-0.2, 0) is 0 Å². The van der Waals surface area contributed by atoms with Gasteiger partial charge in [-0.3, -0.25) is 29.0 Å². The molecule has 2 atom stereocenters. The van der Waals surface area contributed by atoms with Crippen LogP contribution in [0.15, 0.2) is 21.1 Å². The summed E-state index contributed by atoms with van der Waals surface area (Å²) in [5.74, 6) is -0.839. The van der Waals surface area contributed by atoms with E-state index in [2.05, 4.69) is 59.6 Å². The predicted molar refractivity (Wildman–Crippen MR) is 268 cm³/mol. The lowest BCUT2D eigenvalue weighted by atomic mass is 9.84. The zero-order valence-electron chi connectivity index (χ0n) is 39.6. The first-order chi connectivity index (χ1) is 30.2. The number of rotatable bonds is 36. The van der Waals surface area contributed by atoms with Gasteiger partial charge in [-0.2, -0.15) is 0 Å². The van der Waals surface area contributed by atoms with E-state index in [-0.39, 0.29) is 35.5 Å². The fourth-order valence-electron chi connectivity index (χ4n) is 10.1. The first kappa shape index (κ1) is 52.6. The number of hydrogen-bond acceptors (Lipinski definition) is 4. The highest BCUT2D eigenvalue weighted by molar-refractivity contribution is 9.10. The molecule has 4 amide bonds. The highest BCUT2D eigenvalue weighted by Gasteiger charge is 2.43. The van der Waals surface area contributed by atoms with Gasteiger partial charge < -0.3 is 0 Å². The minimum Gasteiger partial charge on any atom is -0.274 e. The number of unbranched alkanes of at least 4 members (excludes halogenated alkanes) is 24. The van der Waals surface area contributed by atoms with E-state index in [0.29, 0.717) is 55.1 Å². The van der Waals surface area contributed by atoms with Gasteiger partial charge in [0.25, 0.3) is 23.6 Å². The van der Waals surface area contributed by atoms with Gasteiger partial charge in [-0.15, -0.1) is 0 Å². The zero-order valence-corrected chi connectivity index (χ0v) is 42.8. The van der Waals surface area contributed by atoms with E-state index < -0.39 is 0 Å². The Morgan fingerprint density at radius 3 is 0.871 bits per heavy atom. The number of amides is 4. The van der Waals surface area contributed by atoms with E-state index in [9.17, 15) is 19.2 Å². The monoisotopic (exact) mass is 982 g/mol. The molecule has 0 unspecified atom stereocenters. The normalized spacial score (nSPS) is 14.8. The highest BCUT2D eigenvalue weighted by Crippen LogP contribution is 2.44. The van der Waals surface area contributed by atoms with Crippen molar-refractivity contribution in [2.45, 2.75) is 233 Å². The van der Waals surface area contributed by atoms with Crippen molar-refractivity contribution in [1.82, 2.24) is 9.80 Å². The highest BCUT2D eigenvalue weighted by atomic mass is 79.9. The Morgan fingerprint density at radius 1 is 0.371 bits per heavy atom. The SMILES string of the molecule is CCCCCCCCCC[C@@H](CCCCCCCC)CN1C(=O)c2cc(Br)c3c4c(cc(Br)c(c24)C1=O)C(=O)N(C[C@@H](CCCCCCCC)CCCCCCCCCC)C3=O. The summed E-state index contributed by atoms with van der Waals surface area (Å²) in [6, 6.07) is 3.50. The van der Waals surface area contributed by atoms with Crippen molar-refractivity contribution in [3.05, 3.63) is 43.3 Å². The number of halogens is 2. The van der Waals surface area contributed by atoms with E-state index in [1.54, 1.807) is 12.1 Å². The first-order valence-corrected chi connectivity index (χ1v) is 27.5. The van der Waals surface area contributed by atoms with Crippen molar-refractivity contribution < 1.29 is 19.2 Å². The van der Waals surface area contributed by atoms with Crippen LogP contribution >= 0.6 is 31.9 Å². The molecule has 0 fully saturated rings. The molecule has 2 aromatic rings. The summed E-state index contributed by atoms with van der Waals surface area (Å²) in [7, 11) is 0. The molecule has 348 valence electrons. The summed E-state index contributed by atoms with van der Waals surface area (Å²) >= 11 is 7.46. The van der Waals surface area contributed by atoms with Crippen LogP contribution < -0.4 is 0 Å². The van der Waals surface area contributed by atoms with E-state index in [0.717, 1.165) is 51.4 Å². The third-order valence-corrected chi connectivity index (χ3v) is 15.2. The molecule has 6 nitrogen and oxygen atoms in total. The van der Waals surface area contributed by atoms with Gasteiger partial charge in [0.15, 0.2) is 0 Å². The Morgan fingerprint density at radius 2 is 0.613 bits per heavy atom. The molecule has 62 heavy (non-hydrogen) atoms. The molecule has 2 heterocycles. The summed E-state index contributed by atoms with van der Waals surface area (Å²) < 4.78 is 1.02. The van der Waals surface area contributed by atoms with Crippen molar-refractivity contribution in [2.75, 3.05) is 13.1 Å². The van der Waals surface area contributed by atoms with E-state index in [1.165, 1.54) is 164 Å². The van der Waals surface area contributed by atoms with Gasteiger partial charge in [0, 0.05) is 43.9 Å². The maximum Gasteiger partial charge on any atom is 0.262 e. The Labute approximate surface area is 394 Å². The summed E-state index contributed by atoms with van der Waals surface area (Å²) in [4.78, 5) is 61.2. The molecule has 2 aromatic carbocycles. The fourth-order valence-corrected chi connectivity index (χ4v) is 11.3. The molecule has 0 aliphatic carbocycles. The number of carbonyl (C=O) groups is 4. The molecule has 0 aromatic heterocycles. The number of carbonyl (C=O) groups excluding carboxylic acids is 4. The lowest BCUT2D eigenvalue weighted by Gasteiger charge is -2.35. The van der Waals surface area contributed by atoms with Crippen LogP contribution in [0.4, 0.5) is 0 Å². The topological polar surface area (TPSA) is 74.8 Å². The maximum atomic E-state index is 14.6. The van der Waals surface area contributed by atoms with Gasteiger partial charge in [0.1, 0.15) is 0 Å². The van der Waals surface area contributed by atoms with Crippen molar-refractivity contribution in [3.8, 4) is 0 Å². The van der Waals surface area contributed by atoms with Gasteiger partial charge in [0.05, 0.1) is 11.1 Å². The molecule has 0 bridgehead atoms. The number of nitrogens with zero attached hydrogens (tertiary/aromatic N) is 2. The second-order valence-electron chi connectivity index (χ2n) is 19.1. The van der Waals surface area contributed by atoms with Crippen molar-refractivity contribution >= 4 is 66.3 Å². The zero-order chi connectivity index (χ0) is 44.7. The smallest absolute Gasteiger partial charge is 0.262 e. The summed E-state index contributed by atoms with van der Waals surface area (Å²) in [5.41, 5.74) is 1.56. The van der Waals surface area contributed by atoms with Crippen LogP contribution in [0.5, 0.6) is 0 Å². The van der Waals surface area contributed by atoms with Gasteiger partial charge in [-0.05, 0) is 81.5 Å². The molecule has 2 aliphatic heterocycles. The van der Waals surface area contributed by atoms with Crippen LogP contribution in [0.1, 0.15) is 275 Å². The Balaban J connectivity index is 1.53. The number of hydrogen-bond donors (Lipinski definition) is 0. The molecule has 2 aliphatic rings. The van der Waals surface area contributed by atoms with E-state index in [1.807, 2.05) is 0 Å². The molecular formula is C54H84Br2N2O4. The Bertz CT molecular complexity index is 1580. The second-order valence-corrected chi connectivity index (χ2v) is 20.8. The fraction of sp³-hybridized carbons (Fsp3) is 0.741. The summed E-state index contributed by atoms with van der Waals surface area (Å²) in [6.07, 6.45) is 38.6. The van der Waals surface area contributed by atoms with Crippen LogP contribution in [-0.4, -0.2) is 46.5 Å². The van der Waals surface area contributed by atoms with Crippen LogP contribution in [0.2, 0.25) is 0 Å². The van der Waals surface area contributed by atoms with E-state index in [4.69, 9.17) is 0 Å². The third kappa shape index (κ3) is 15.5. The lowest BCUT2D eigenvalue weighted by Crippen LogP contribution is -2.46. The number of imide groups is 2. The molecule has 0 spiro atoms. The van der Waals surface area contributed by atoms with Crippen LogP contribution in [0, 0.1) is 11.8 Å². The van der Waals surface area contributed by atoms with Crippen molar-refractivity contribution in [1.29, 1.82) is 0 Å². The third-order valence-electron chi connectivity index (χ3n) is 13.9. The molecule has 0 N–H and O–H groups in total. The quantitative estimate of drug-likeness (QED) is 0.0504. The van der Waals surface area contributed by atoms with Gasteiger partial charge >= 0.3 is 0 Å². The van der Waals surface area contributed by atoms with Crippen LogP contribution in [0.25, 0.3) is 10.8 Å². The Hall–Kier alpha value is -2.06. The van der Waals surface area contributed by atoms with Crippen LogP contribution in [0.3, 0.4) is 0 Å². The maximum absolute atomic E-state index is 14.6. The van der Waals surface area contributed by atoms with Gasteiger partial charge in [-0.25, -0.2) is 0 Å². The first-order valence-electron chi connectivity index (χ1n) is 25.9. The summed E-state index contributed by atoms with van der Waals surface area (Å²) in [6.45, 7) is 9.78. The molecular weight excluding hydrogens is 900 g/mol. The minimum absolute atomic E-state index is 0.234. The summed E-state index contributed by atoms with van der Waals surface area (Å²) in [5, 5.41) is 0.886. The van der Waals surface area contributed by atoms with Gasteiger partial charge in [-0.1, -0.05) is 207 Å². The Kier molecular flexibility index (Phi) is 25.0. The largest absolute Gasteiger partial charge is 0.274 e. The molecule has 4 rings (SSSR count).